The van der Waals surface area contributed by atoms with Gasteiger partial charge in [0.2, 0.25) is 10.0 Å². The Morgan fingerprint density at radius 2 is 1.88 bits per heavy atom. The molecule has 0 N–H and O–H groups in total. The highest BCUT2D eigenvalue weighted by atomic mass is 32.2. The summed E-state index contributed by atoms with van der Waals surface area (Å²) < 4.78 is 52.9. The molecule has 0 atom stereocenters. The monoisotopic (exact) mass is 378 g/mol. The van der Waals surface area contributed by atoms with Crippen molar-refractivity contribution in [3.63, 3.8) is 0 Å². The molecule has 136 valence electrons. The topological polar surface area (TPSA) is 57.7 Å². The van der Waals surface area contributed by atoms with Crippen molar-refractivity contribution in [1.29, 1.82) is 0 Å². The van der Waals surface area contributed by atoms with Gasteiger partial charge in [-0.25, -0.2) is 17.2 Å². The zero-order valence-corrected chi connectivity index (χ0v) is 14.6. The molecular weight excluding hydrogens is 362 g/mol. The van der Waals surface area contributed by atoms with Gasteiger partial charge >= 0.3 is 0 Å². The molecule has 2 heterocycles. The molecule has 4 rings (SSSR count). The Balaban J connectivity index is 1.68. The fourth-order valence-electron chi connectivity index (χ4n) is 3.51. The van der Waals surface area contributed by atoms with Gasteiger partial charge in [-0.2, -0.15) is 0 Å². The number of carbonyl (C=O) groups is 1. The number of anilines is 2. The Bertz CT molecular complexity index is 1010. The maximum Gasteiger partial charge on any atom is 0.258 e. The van der Waals surface area contributed by atoms with Crippen molar-refractivity contribution < 1.29 is 22.0 Å². The van der Waals surface area contributed by atoms with Gasteiger partial charge in [0.05, 0.1) is 17.1 Å². The number of halogens is 2. The Kier molecular flexibility index (Phi) is 3.95. The summed E-state index contributed by atoms with van der Waals surface area (Å²) in [4.78, 5) is 14.2. The normalized spacial score (nSPS) is 18.2. The lowest BCUT2D eigenvalue weighted by atomic mass is 10.1. The van der Waals surface area contributed by atoms with Crippen molar-refractivity contribution in [2.24, 2.45) is 0 Å². The van der Waals surface area contributed by atoms with Gasteiger partial charge in [-0.1, -0.05) is 6.07 Å². The van der Waals surface area contributed by atoms with E-state index in [2.05, 4.69) is 0 Å². The second kappa shape index (κ2) is 6.05. The van der Waals surface area contributed by atoms with Crippen LogP contribution in [0.3, 0.4) is 0 Å². The smallest absolute Gasteiger partial charge is 0.258 e. The van der Waals surface area contributed by atoms with Crippen LogP contribution in [0.25, 0.3) is 0 Å². The molecule has 26 heavy (non-hydrogen) atoms. The Morgan fingerprint density at radius 3 is 2.62 bits per heavy atom. The van der Waals surface area contributed by atoms with Crippen molar-refractivity contribution in [2.45, 2.75) is 12.8 Å². The standard InChI is InChI=1S/C18H16F2N2O3S/c19-13-10-16(20)15-5-7-21(17(15)11-13)18(23)12-3-1-4-14(9-12)22-6-2-8-26(22,24)25/h1,3-4,9-11H,2,5-8H2. The zero-order valence-electron chi connectivity index (χ0n) is 13.8. The van der Waals surface area contributed by atoms with Gasteiger partial charge in [0.15, 0.2) is 0 Å². The molecule has 0 aliphatic carbocycles. The van der Waals surface area contributed by atoms with E-state index < -0.39 is 27.6 Å². The van der Waals surface area contributed by atoms with Gasteiger partial charge in [0.25, 0.3) is 5.91 Å². The summed E-state index contributed by atoms with van der Waals surface area (Å²) >= 11 is 0. The highest BCUT2D eigenvalue weighted by Gasteiger charge is 2.31. The lowest BCUT2D eigenvalue weighted by Gasteiger charge is -2.20. The summed E-state index contributed by atoms with van der Waals surface area (Å²) in [6.45, 7) is 0.629. The molecule has 2 aromatic carbocycles. The number of hydrogen-bond donors (Lipinski definition) is 0. The summed E-state index contributed by atoms with van der Waals surface area (Å²) in [7, 11) is -3.35. The molecule has 0 spiro atoms. The number of hydrogen-bond acceptors (Lipinski definition) is 3. The predicted molar refractivity (Wildman–Crippen MR) is 93.9 cm³/mol. The minimum Gasteiger partial charge on any atom is -0.308 e. The highest BCUT2D eigenvalue weighted by molar-refractivity contribution is 7.93. The van der Waals surface area contributed by atoms with Crippen LogP contribution in [0, 0.1) is 11.6 Å². The summed E-state index contributed by atoms with van der Waals surface area (Å²) in [5.74, 6) is -1.72. The van der Waals surface area contributed by atoms with Crippen molar-refractivity contribution in [1.82, 2.24) is 0 Å². The van der Waals surface area contributed by atoms with Crippen LogP contribution >= 0.6 is 0 Å². The lowest BCUT2D eigenvalue weighted by molar-refractivity contribution is 0.0989. The van der Waals surface area contributed by atoms with Crippen LogP contribution in [0.2, 0.25) is 0 Å². The third kappa shape index (κ3) is 2.74. The molecule has 0 aromatic heterocycles. The number of nitrogens with zero attached hydrogens (tertiary/aromatic N) is 2. The van der Waals surface area contributed by atoms with Crippen LogP contribution < -0.4 is 9.21 Å². The highest BCUT2D eigenvalue weighted by Crippen LogP contribution is 2.33. The average molecular weight is 378 g/mol. The molecule has 1 amide bonds. The second-order valence-corrected chi connectivity index (χ2v) is 8.40. The van der Waals surface area contributed by atoms with E-state index in [4.69, 9.17) is 0 Å². The van der Waals surface area contributed by atoms with E-state index in [1.54, 1.807) is 18.2 Å². The van der Waals surface area contributed by atoms with Crippen LogP contribution in [0.4, 0.5) is 20.2 Å². The predicted octanol–water partition coefficient (Wildman–Crippen LogP) is 2.71. The largest absolute Gasteiger partial charge is 0.308 e. The van der Waals surface area contributed by atoms with Gasteiger partial charge in [0.1, 0.15) is 11.6 Å². The zero-order chi connectivity index (χ0) is 18.5. The summed E-state index contributed by atoms with van der Waals surface area (Å²) in [6.07, 6.45) is 0.853. The molecule has 0 bridgehead atoms. The third-order valence-electron chi connectivity index (χ3n) is 4.74. The van der Waals surface area contributed by atoms with Crippen molar-refractivity contribution in [3.05, 3.63) is 59.2 Å². The molecule has 1 fully saturated rings. The van der Waals surface area contributed by atoms with Gasteiger partial charge in [0, 0.05) is 30.3 Å². The number of carbonyl (C=O) groups excluding carboxylic acids is 1. The van der Waals surface area contributed by atoms with Crippen molar-refractivity contribution in [2.75, 3.05) is 28.0 Å². The lowest BCUT2D eigenvalue weighted by Crippen LogP contribution is -2.30. The SMILES string of the molecule is O=C(c1cccc(N2CCCS2(=O)=O)c1)N1CCc2c(F)cc(F)cc21. The Labute approximate surface area is 149 Å². The average Bonchev–Trinajstić information content (AvgIpc) is 3.17. The fraction of sp³-hybridized carbons (Fsp3) is 0.278. The molecule has 0 saturated carbocycles. The van der Waals surface area contributed by atoms with Crippen LogP contribution in [0.1, 0.15) is 22.3 Å². The first kappa shape index (κ1) is 17.0. The Morgan fingerprint density at radius 1 is 1.08 bits per heavy atom. The summed E-state index contributed by atoms with van der Waals surface area (Å²) in [5, 5.41) is 0. The molecule has 0 unspecified atom stereocenters. The van der Waals surface area contributed by atoms with E-state index in [0.29, 0.717) is 30.6 Å². The maximum absolute atomic E-state index is 13.9. The van der Waals surface area contributed by atoms with E-state index in [0.717, 1.165) is 12.1 Å². The van der Waals surface area contributed by atoms with Crippen LogP contribution in [0.5, 0.6) is 0 Å². The van der Waals surface area contributed by atoms with E-state index in [9.17, 15) is 22.0 Å². The molecule has 8 heteroatoms. The number of amides is 1. The van der Waals surface area contributed by atoms with Crippen LogP contribution in [-0.2, 0) is 16.4 Å². The van der Waals surface area contributed by atoms with Crippen LogP contribution in [-0.4, -0.2) is 33.2 Å². The van der Waals surface area contributed by atoms with Gasteiger partial charge in [-0.15, -0.1) is 0 Å². The fourth-order valence-corrected chi connectivity index (χ4v) is 5.07. The molecule has 0 radical (unpaired) electrons. The molecular formula is C18H16F2N2O3S. The molecule has 5 nitrogen and oxygen atoms in total. The van der Waals surface area contributed by atoms with Crippen molar-refractivity contribution in [3.8, 4) is 0 Å². The van der Waals surface area contributed by atoms with E-state index in [-0.39, 0.29) is 23.5 Å². The number of sulfonamides is 1. The second-order valence-electron chi connectivity index (χ2n) is 6.38. The third-order valence-corrected chi connectivity index (χ3v) is 6.61. The van der Waals surface area contributed by atoms with Gasteiger partial charge in [-0.05, 0) is 37.1 Å². The van der Waals surface area contributed by atoms with Gasteiger partial charge in [-0.3, -0.25) is 9.10 Å². The Hall–Kier alpha value is -2.48. The number of fused-ring (bicyclic) bond motifs is 1. The first-order valence-corrected chi connectivity index (χ1v) is 9.88. The number of benzene rings is 2. The quantitative estimate of drug-likeness (QED) is 0.807. The first-order chi connectivity index (χ1) is 12.4. The molecule has 2 aliphatic heterocycles. The maximum atomic E-state index is 13.9. The molecule has 2 aromatic rings. The number of rotatable bonds is 2. The molecule has 2 aliphatic rings. The van der Waals surface area contributed by atoms with E-state index in [1.807, 2.05) is 0 Å². The van der Waals surface area contributed by atoms with Crippen LogP contribution in [0.15, 0.2) is 36.4 Å². The minimum atomic E-state index is -3.35. The van der Waals surface area contributed by atoms with Gasteiger partial charge < -0.3 is 4.90 Å². The van der Waals surface area contributed by atoms with E-state index in [1.165, 1.54) is 15.3 Å². The van der Waals surface area contributed by atoms with E-state index >= 15 is 0 Å². The summed E-state index contributed by atoms with van der Waals surface area (Å²) in [5.41, 5.74) is 1.25. The minimum absolute atomic E-state index is 0.0865. The summed E-state index contributed by atoms with van der Waals surface area (Å²) in [6, 6.07) is 8.29. The first-order valence-electron chi connectivity index (χ1n) is 8.27. The van der Waals surface area contributed by atoms with Crippen molar-refractivity contribution >= 4 is 27.3 Å². The molecule has 1 saturated heterocycles.